The van der Waals surface area contributed by atoms with E-state index in [9.17, 15) is 4.79 Å². The number of nitrogens with two attached hydrogens (primary N) is 1. The molecule has 2 heterocycles. The number of aryl methyl sites for hydroxylation is 2. The minimum absolute atomic E-state index is 0.0885. The van der Waals surface area contributed by atoms with E-state index in [1.165, 1.54) is 5.56 Å². The number of hydrogen-bond acceptors (Lipinski definition) is 4. The summed E-state index contributed by atoms with van der Waals surface area (Å²) in [4.78, 5) is 18.7. The Morgan fingerprint density at radius 3 is 3.00 bits per heavy atom. The van der Waals surface area contributed by atoms with E-state index in [0.717, 1.165) is 42.9 Å². The zero-order valence-electron chi connectivity index (χ0n) is 11.3. The first-order valence-electron chi connectivity index (χ1n) is 6.99. The first-order chi connectivity index (χ1) is 9.65. The molecule has 0 radical (unpaired) electrons. The minimum Gasteiger partial charge on any atom is -0.389 e. The smallest absolute Gasteiger partial charge is 0.221 e. The van der Waals surface area contributed by atoms with Crippen molar-refractivity contribution in [3.63, 3.8) is 0 Å². The lowest BCUT2D eigenvalue weighted by Crippen LogP contribution is -2.31. The third-order valence-corrected chi connectivity index (χ3v) is 4.13. The number of thiocarbonyl (C=S) groups is 1. The van der Waals surface area contributed by atoms with Gasteiger partial charge in [0.05, 0.1) is 5.56 Å². The molecule has 5 nitrogen and oxygen atoms in total. The van der Waals surface area contributed by atoms with E-state index in [2.05, 4.69) is 16.3 Å². The Bertz CT molecular complexity index is 573. The third-order valence-electron chi connectivity index (χ3n) is 3.91. The molecular formula is C14H18N4OS. The predicted molar refractivity (Wildman–Crippen MR) is 82.0 cm³/mol. The number of carbonyl (C=O) groups excluding carboxylic acids is 1. The van der Waals surface area contributed by atoms with Crippen LogP contribution >= 0.6 is 12.2 Å². The normalized spacial score (nSPS) is 18.4. The zero-order valence-corrected chi connectivity index (χ0v) is 12.1. The Labute approximate surface area is 123 Å². The number of pyridine rings is 1. The lowest BCUT2D eigenvalue weighted by atomic mass is 10.1. The molecule has 0 unspecified atom stereocenters. The van der Waals surface area contributed by atoms with Crippen molar-refractivity contribution in [2.75, 3.05) is 24.5 Å². The van der Waals surface area contributed by atoms with Crippen LogP contribution in [0.25, 0.3) is 0 Å². The third kappa shape index (κ3) is 2.47. The topological polar surface area (TPSA) is 71.2 Å². The second-order valence-corrected chi connectivity index (χ2v) is 5.71. The lowest BCUT2D eigenvalue weighted by molar-refractivity contribution is -0.120. The van der Waals surface area contributed by atoms with Crippen LogP contribution in [0, 0.1) is 0 Å². The van der Waals surface area contributed by atoms with Gasteiger partial charge in [-0.25, -0.2) is 4.98 Å². The van der Waals surface area contributed by atoms with Crippen molar-refractivity contribution in [3.05, 3.63) is 22.9 Å². The predicted octanol–water partition coefficient (Wildman–Crippen LogP) is 0.531. The number of nitrogens with zero attached hydrogens (tertiary/aromatic N) is 2. The van der Waals surface area contributed by atoms with E-state index in [0.29, 0.717) is 24.5 Å². The van der Waals surface area contributed by atoms with Gasteiger partial charge in [-0.15, -0.1) is 0 Å². The van der Waals surface area contributed by atoms with Crippen LogP contribution in [0.1, 0.15) is 29.7 Å². The number of aromatic nitrogens is 1. The molecule has 1 aromatic heterocycles. The van der Waals surface area contributed by atoms with Gasteiger partial charge in [-0.2, -0.15) is 0 Å². The van der Waals surface area contributed by atoms with Crippen molar-refractivity contribution in [2.45, 2.75) is 25.7 Å². The fourth-order valence-electron chi connectivity index (χ4n) is 2.86. The molecule has 20 heavy (non-hydrogen) atoms. The van der Waals surface area contributed by atoms with Crippen molar-refractivity contribution in [2.24, 2.45) is 5.73 Å². The summed E-state index contributed by atoms with van der Waals surface area (Å²) in [6.07, 6.45) is 3.70. The van der Waals surface area contributed by atoms with Gasteiger partial charge in [-0.1, -0.05) is 12.2 Å². The molecule has 1 saturated heterocycles. The summed E-state index contributed by atoms with van der Waals surface area (Å²) in [6.45, 7) is 2.04. The van der Waals surface area contributed by atoms with Crippen LogP contribution in [0.15, 0.2) is 6.07 Å². The van der Waals surface area contributed by atoms with Crippen LogP contribution in [0.5, 0.6) is 0 Å². The molecule has 1 aliphatic carbocycles. The fraction of sp³-hybridized carbons (Fsp3) is 0.500. The maximum atomic E-state index is 11.5. The van der Waals surface area contributed by atoms with Gasteiger partial charge >= 0.3 is 0 Å². The largest absolute Gasteiger partial charge is 0.389 e. The van der Waals surface area contributed by atoms with Gasteiger partial charge in [-0.3, -0.25) is 4.79 Å². The first kappa shape index (κ1) is 13.3. The van der Waals surface area contributed by atoms with Gasteiger partial charge in [0.2, 0.25) is 5.91 Å². The molecule has 0 spiro atoms. The van der Waals surface area contributed by atoms with Crippen molar-refractivity contribution in [1.29, 1.82) is 0 Å². The van der Waals surface area contributed by atoms with Gasteiger partial charge in [0, 0.05) is 31.7 Å². The second-order valence-electron chi connectivity index (χ2n) is 5.27. The molecule has 3 rings (SSSR count). The van der Waals surface area contributed by atoms with Crippen LogP contribution in [-0.2, 0) is 17.6 Å². The number of amides is 1. The highest BCUT2D eigenvalue weighted by atomic mass is 32.1. The molecule has 6 heteroatoms. The molecule has 106 valence electrons. The number of carbonyl (C=O) groups is 1. The van der Waals surface area contributed by atoms with Crippen molar-refractivity contribution >= 4 is 28.9 Å². The molecule has 1 amide bonds. The molecule has 1 fully saturated rings. The molecule has 0 atom stereocenters. The Hall–Kier alpha value is -1.69. The number of hydrogen-bond donors (Lipinski definition) is 2. The SMILES string of the molecule is NC(=S)c1cc2c(nc1N1CCNC(=O)CC1)CCC2. The number of nitrogens with one attached hydrogen (secondary N) is 1. The standard InChI is InChI=1S/C14H18N4OS/c15-13(20)10-8-9-2-1-3-11(9)17-14(10)18-6-4-12(19)16-5-7-18/h8H,1-7H2,(H2,15,20)(H,16,19). The molecule has 0 saturated carbocycles. The highest BCUT2D eigenvalue weighted by Gasteiger charge is 2.22. The van der Waals surface area contributed by atoms with E-state index in [4.69, 9.17) is 22.9 Å². The van der Waals surface area contributed by atoms with E-state index in [1.807, 2.05) is 0 Å². The monoisotopic (exact) mass is 290 g/mol. The summed E-state index contributed by atoms with van der Waals surface area (Å²) in [5, 5.41) is 2.87. The van der Waals surface area contributed by atoms with E-state index in [-0.39, 0.29) is 5.91 Å². The molecule has 1 aliphatic heterocycles. The zero-order chi connectivity index (χ0) is 14.1. The number of fused-ring (bicyclic) bond motifs is 1. The number of rotatable bonds is 2. The second kappa shape index (κ2) is 5.36. The minimum atomic E-state index is 0.0885. The summed E-state index contributed by atoms with van der Waals surface area (Å²) in [7, 11) is 0. The average Bonchev–Trinajstić information content (AvgIpc) is 2.77. The summed E-state index contributed by atoms with van der Waals surface area (Å²) in [5.74, 6) is 0.931. The van der Waals surface area contributed by atoms with Crippen LogP contribution < -0.4 is 16.0 Å². The molecule has 0 aromatic carbocycles. The Kier molecular flexibility index (Phi) is 3.56. The average molecular weight is 290 g/mol. The van der Waals surface area contributed by atoms with E-state index < -0.39 is 0 Å². The molecular weight excluding hydrogens is 272 g/mol. The summed E-state index contributed by atoms with van der Waals surface area (Å²) in [5.41, 5.74) is 9.13. The molecule has 2 aliphatic rings. The fourth-order valence-corrected chi connectivity index (χ4v) is 3.01. The molecule has 0 bridgehead atoms. The molecule has 3 N–H and O–H groups in total. The van der Waals surface area contributed by atoms with Gasteiger partial charge in [0.1, 0.15) is 10.8 Å². The maximum Gasteiger partial charge on any atom is 0.221 e. The lowest BCUT2D eigenvalue weighted by Gasteiger charge is -2.24. The van der Waals surface area contributed by atoms with Crippen LogP contribution in [0.4, 0.5) is 5.82 Å². The summed E-state index contributed by atoms with van der Waals surface area (Å²) >= 11 is 5.18. The first-order valence-corrected chi connectivity index (χ1v) is 7.40. The Morgan fingerprint density at radius 2 is 2.20 bits per heavy atom. The van der Waals surface area contributed by atoms with Gasteiger partial charge in [0.15, 0.2) is 0 Å². The van der Waals surface area contributed by atoms with E-state index >= 15 is 0 Å². The highest BCUT2D eigenvalue weighted by Crippen LogP contribution is 2.27. The number of anilines is 1. The van der Waals surface area contributed by atoms with Crippen LogP contribution in [0.3, 0.4) is 0 Å². The Balaban J connectivity index is 1.98. The Morgan fingerprint density at radius 1 is 1.35 bits per heavy atom. The molecule has 1 aromatic rings. The van der Waals surface area contributed by atoms with Crippen LogP contribution in [0.2, 0.25) is 0 Å². The van der Waals surface area contributed by atoms with E-state index in [1.54, 1.807) is 0 Å². The van der Waals surface area contributed by atoms with Crippen molar-refractivity contribution < 1.29 is 4.79 Å². The highest BCUT2D eigenvalue weighted by molar-refractivity contribution is 7.80. The quantitative estimate of drug-likeness (QED) is 0.778. The van der Waals surface area contributed by atoms with Gasteiger partial charge in [0.25, 0.3) is 0 Å². The summed E-state index contributed by atoms with van der Waals surface area (Å²) in [6, 6.07) is 2.09. The van der Waals surface area contributed by atoms with Gasteiger partial charge in [-0.05, 0) is 30.9 Å². The van der Waals surface area contributed by atoms with Gasteiger partial charge < -0.3 is 16.0 Å². The maximum absolute atomic E-state index is 11.5. The van der Waals surface area contributed by atoms with Crippen molar-refractivity contribution in [1.82, 2.24) is 10.3 Å². The van der Waals surface area contributed by atoms with Crippen LogP contribution in [-0.4, -0.2) is 35.5 Å². The summed E-state index contributed by atoms with van der Waals surface area (Å²) < 4.78 is 0. The van der Waals surface area contributed by atoms with Crippen molar-refractivity contribution in [3.8, 4) is 0 Å².